The summed E-state index contributed by atoms with van der Waals surface area (Å²) in [6.07, 6.45) is 3.24. The second-order valence-corrected chi connectivity index (χ2v) is 3.98. The highest BCUT2D eigenvalue weighted by Gasteiger charge is 2.28. The number of nitrogens with one attached hydrogen (secondary N) is 1. The molecule has 0 amide bonds. The molecule has 3 nitrogen and oxygen atoms in total. The third-order valence-electron chi connectivity index (χ3n) is 2.75. The molecule has 1 atom stereocenters. The Kier molecular flexibility index (Phi) is 3.28. The lowest BCUT2D eigenvalue weighted by Crippen LogP contribution is -2.43. The Bertz CT molecular complexity index is 301. The third-order valence-corrected chi connectivity index (χ3v) is 2.75. The number of pyridine rings is 1. The lowest BCUT2D eigenvalue weighted by Gasteiger charge is -2.31. The van der Waals surface area contributed by atoms with Gasteiger partial charge in [0, 0.05) is 30.5 Å². The van der Waals surface area contributed by atoms with E-state index in [1.165, 1.54) is 0 Å². The molecule has 1 saturated carbocycles. The molecule has 82 valence electrons. The zero-order valence-electron chi connectivity index (χ0n) is 8.44. The van der Waals surface area contributed by atoms with Gasteiger partial charge in [0.15, 0.2) is 0 Å². The van der Waals surface area contributed by atoms with E-state index in [1.807, 2.05) is 6.07 Å². The summed E-state index contributed by atoms with van der Waals surface area (Å²) in [6.45, 7) is 0.461. The Morgan fingerprint density at radius 3 is 3.00 bits per heavy atom. The Morgan fingerprint density at radius 2 is 2.40 bits per heavy atom. The van der Waals surface area contributed by atoms with Crippen LogP contribution < -0.4 is 5.32 Å². The fraction of sp³-hybridized carbons (Fsp3) is 0.545. The molecule has 4 heteroatoms. The zero-order chi connectivity index (χ0) is 10.7. The van der Waals surface area contributed by atoms with E-state index in [0.717, 1.165) is 5.56 Å². The molecule has 1 aliphatic rings. The van der Waals surface area contributed by atoms with Crippen molar-refractivity contribution in [3.63, 3.8) is 0 Å². The molecule has 1 fully saturated rings. The number of aliphatic hydroxyl groups excluding tert-OH is 1. The van der Waals surface area contributed by atoms with Gasteiger partial charge in [0.2, 0.25) is 0 Å². The predicted octanol–water partition coefficient (Wildman–Crippen LogP) is 1.21. The maximum atomic E-state index is 12.5. The fourth-order valence-electron chi connectivity index (χ4n) is 1.68. The molecule has 0 spiro atoms. The molecule has 0 radical (unpaired) electrons. The minimum Gasteiger partial charge on any atom is -0.387 e. The van der Waals surface area contributed by atoms with Gasteiger partial charge < -0.3 is 10.4 Å². The van der Waals surface area contributed by atoms with Crippen LogP contribution in [0.5, 0.6) is 0 Å². The van der Waals surface area contributed by atoms with Crippen LogP contribution in [0.15, 0.2) is 24.5 Å². The fourth-order valence-corrected chi connectivity index (χ4v) is 1.68. The normalized spacial score (nSPS) is 27.1. The number of aliphatic hydroxyl groups is 1. The van der Waals surface area contributed by atoms with E-state index in [0.29, 0.717) is 19.4 Å². The van der Waals surface area contributed by atoms with Crippen LogP contribution in [-0.4, -0.2) is 28.8 Å². The van der Waals surface area contributed by atoms with Crippen molar-refractivity contribution < 1.29 is 9.50 Å². The van der Waals surface area contributed by atoms with Gasteiger partial charge in [-0.2, -0.15) is 0 Å². The summed E-state index contributed by atoms with van der Waals surface area (Å²) in [7, 11) is 0. The van der Waals surface area contributed by atoms with Crippen molar-refractivity contribution in [2.45, 2.75) is 31.2 Å². The van der Waals surface area contributed by atoms with Crippen molar-refractivity contribution >= 4 is 0 Å². The summed E-state index contributed by atoms with van der Waals surface area (Å²) in [5.74, 6) is 0. The molecule has 0 bridgehead atoms. The van der Waals surface area contributed by atoms with Gasteiger partial charge in [-0.05, 0) is 18.9 Å². The van der Waals surface area contributed by atoms with Crippen LogP contribution in [0, 0.1) is 0 Å². The lowest BCUT2D eigenvalue weighted by molar-refractivity contribution is 0.124. The number of halogens is 1. The van der Waals surface area contributed by atoms with Crippen molar-refractivity contribution in [1.29, 1.82) is 0 Å². The SMILES string of the molecule is OC(CNC1CC(F)C1)c1cccnc1. The summed E-state index contributed by atoms with van der Waals surface area (Å²) < 4.78 is 12.5. The first kappa shape index (κ1) is 10.5. The van der Waals surface area contributed by atoms with Crippen molar-refractivity contribution in [1.82, 2.24) is 10.3 Å². The van der Waals surface area contributed by atoms with Crippen LogP contribution in [0.25, 0.3) is 0 Å². The standard InChI is InChI=1S/C11H15FN2O/c12-9-4-10(5-9)14-7-11(15)8-2-1-3-13-6-8/h1-3,6,9-11,14-15H,4-5,7H2. The van der Waals surface area contributed by atoms with E-state index in [1.54, 1.807) is 18.5 Å². The first-order valence-electron chi connectivity index (χ1n) is 5.21. The Hall–Kier alpha value is -1.00. The van der Waals surface area contributed by atoms with Gasteiger partial charge in [0.25, 0.3) is 0 Å². The van der Waals surface area contributed by atoms with Gasteiger partial charge in [-0.25, -0.2) is 4.39 Å². The first-order valence-corrected chi connectivity index (χ1v) is 5.21. The molecule has 0 saturated heterocycles. The van der Waals surface area contributed by atoms with Crippen LogP contribution in [0.2, 0.25) is 0 Å². The van der Waals surface area contributed by atoms with Gasteiger partial charge in [-0.1, -0.05) is 6.07 Å². The van der Waals surface area contributed by atoms with Gasteiger partial charge in [0.1, 0.15) is 6.17 Å². The van der Waals surface area contributed by atoms with E-state index in [9.17, 15) is 9.50 Å². The molecule has 15 heavy (non-hydrogen) atoms. The number of aromatic nitrogens is 1. The van der Waals surface area contributed by atoms with E-state index >= 15 is 0 Å². The van der Waals surface area contributed by atoms with Crippen LogP contribution in [-0.2, 0) is 0 Å². The average molecular weight is 210 g/mol. The second kappa shape index (κ2) is 4.68. The average Bonchev–Trinajstić information content (AvgIpc) is 2.23. The summed E-state index contributed by atoms with van der Waals surface area (Å²) in [4.78, 5) is 3.93. The monoisotopic (exact) mass is 210 g/mol. The largest absolute Gasteiger partial charge is 0.387 e. The summed E-state index contributed by atoms with van der Waals surface area (Å²) >= 11 is 0. The van der Waals surface area contributed by atoms with Crippen LogP contribution in [0.1, 0.15) is 24.5 Å². The van der Waals surface area contributed by atoms with Crippen molar-refractivity contribution in [2.24, 2.45) is 0 Å². The molecule has 2 rings (SSSR count). The maximum absolute atomic E-state index is 12.5. The molecule has 2 N–H and O–H groups in total. The number of nitrogens with zero attached hydrogens (tertiary/aromatic N) is 1. The lowest BCUT2D eigenvalue weighted by atomic mass is 9.90. The highest BCUT2D eigenvalue weighted by atomic mass is 19.1. The van der Waals surface area contributed by atoms with Crippen LogP contribution >= 0.6 is 0 Å². The first-order chi connectivity index (χ1) is 7.25. The smallest absolute Gasteiger partial charge is 0.103 e. The van der Waals surface area contributed by atoms with E-state index in [-0.39, 0.29) is 6.04 Å². The predicted molar refractivity (Wildman–Crippen MR) is 55.1 cm³/mol. The summed E-state index contributed by atoms with van der Waals surface area (Å²) in [5, 5.41) is 12.9. The summed E-state index contributed by atoms with van der Waals surface area (Å²) in [5.41, 5.74) is 0.793. The molecule has 1 aromatic heterocycles. The molecule has 1 aromatic rings. The van der Waals surface area contributed by atoms with Crippen LogP contribution in [0.3, 0.4) is 0 Å². The van der Waals surface area contributed by atoms with Crippen molar-refractivity contribution in [3.8, 4) is 0 Å². The molecular weight excluding hydrogens is 195 g/mol. The van der Waals surface area contributed by atoms with Crippen molar-refractivity contribution in [2.75, 3.05) is 6.54 Å². The Morgan fingerprint density at radius 1 is 1.60 bits per heavy atom. The Labute approximate surface area is 88.3 Å². The van der Waals surface area contributed by atoms with Gasteiger partial charge in [-0.3, -0.25) is 4.98 Å². The molecule has 1 unspecified atom stereocenters. The quantitative estimate of drug-likeness (QED) is 0.785. The number of hydrogen-bond acceptors (Lipinski definition) is 3. The zero-order valence-corrected chi connectivity index (χ0v) is 8.44. The van der Waals surface area contributed by atoms with Gasteiger partial charge in [-0.15, -0.1) is 0 Å². The van der Waals surface area contributed by atoms with Gasteiger partial charge >= 0.3 is 0 Å². The molecule has 1 heterocycles. The molecular formula is C11H15FN2O. The highest BCUT2D eigenvalue weighted by molar-refractivity contribution is 5.12. The highest BCUT2D eigenvalue weighted by Crippen LogP contribution is 2.23. The van der Waals surface area contributed by atoms with Crippen LogP contribution in [0.4, 0.5) is 4.39 Å². The van der Waals surface area contributed by atoms with E-state index in [4.69, 9.17) is 0 Å². The maximum Gasteiger partial charge on any atom is 0.103 e. The van der Waals surface area contributed by atoms with E-state index in [2.05, 4.69) is 10.3 Å². The number of alkyl halides is 1. The second-order valence-electron chi connectivity index (χ2n) is 3.98. The topological polar surface area (TPSA) is 45.1 Å². The minimum atomic E-state index is -0.655. The Balaban J connectivity index is 1.75. The molecule has 1 aliphatic carbocycles. The van der Waals surface area contributed by atoms with Gasteiger partial charge in [0.05, 0.1) is 6.10 Å². The van der Waals surface area contributed by atoms with E-state index < -0.39 is 12.3 Å². The molecule has 0 aliphatic heterocycles. The number of hydrogen-bond donors (Lipinski definition) is 2. The summed E-state index contributed by atoms with van der Waals surface area (Å²) in [6, 6.07) is 3.85. The van der Waals surface area contributed by atoms with Crippen molar-refractivity contribution in [3.05, 3.63) is 30.1 Å². The third kappa shape index (κ3) is 2.73. The number of rotatable bonds is 4. The minimum absolute atomic E-state index is 0.228. The molecule has 0 aromatic carbocycles.